The normalized spacial score (nSPS) is 16.4. The summed E-state index contributed by atoms with van der Waals surface area (Å²) in [6, 6.07) is 1.35. The van der Waals surface area contributed by atoms with Crippen molar-refractivity contribution in [3.63, 3.8) is 0 Å². The molecule has 2 rings (SSSR count). The van der Waals surface area contributed by atoms with Gasteiger partial charge in [0.05, 0.1) is 12.7 Å². The highest BCUT2D eigenvalue weighted by atomic mass is 16.4. The van der Waals surface area contributed by atoms with E-state index < -0.39 is 5.97 Å². The molecule has 0 aromatic carbocycles. The van der Waals surface area contributed by atoms with Gasteiger partial charge in [0.15, 0.2) is 0 Å². The molecule has 2 heterocycles. The summed E-state index contributed by atoms with van der Waals surface area (Å²) in [5.74, 6) is -1.13. The van der Waals surface area contributed by atoms with Gasteiger partial charge in [-0.25, -0.2) is 9.80 Å². The second kappa shape index (κ2) is 5.68. The summed E-state index contributed by atoms with van der Waals surface area (Å²) >= 11 is 0. The van der Waals surface area contributed by atoms with Crippen molar-refractivity contribution >= 4 is 11.9 Å². The summed E-state index contributed by atoms with van der Waals surface area (Å²) in [5, 5.41) is 10.8. The van der Waals surface area contributed by atoms with E-state index in [9.17, 15) is 9.59 Å². The van der Waals surface area contributed by atoms with Crippen LogP contribution < -0.4 is 5.43 Å². The Bertz CT molecular complexity index is 435. The summed E-state index contributed by atoms with van der Waals surface area (Å²) in [5.41, 5.74) is 2.81. The molecular formula is C12H16N2O4. The summed E-state index contributed by atoms with van der Waals surface area (Å²) < 4.78 is 5.03. The Kier molecular flexibility index (Phi) is 3.99. The number of carboxylic acids is 1. The summed E-state index contributed by atoms with van der Waals surface area (Å²) in [4.78, 5) is 22.6. The zero-order chi connectivity index (χ0) is 13.0. The Balaban J connectivity index is 1.90. The molecule has 0 unspecified atom stereocenters. The second-order valence-electron chi connectivity index (χ2n) is 4.32. The van der Waals surface area contributed by atoms with Gasteiger partial charge in [0.1, 0.15) is 11.3 Å². The van der Waals surface area contributed by atoms with Crippen LogP contribution in [0.25, 0.3) is 0 Å². The van der Waals surface area contributed by atoms with Crippen molar-refractivity contribution in [2.24, 2.45) is 0 Å². The number of nitrogens with zero attached hydrogens (tertiary/aromatic N) is 1. The quantitative estimate of drug-likeness (QED) is 0.836. The van der Waals surface area contributed by atoms with Crippen LogP contribution in [-0.4, -0.2) is 35.1 Å². The lowest BCUT2D eigenvalue weighted by Crippen LogP contribution is -2.45. The van der Waals surface area contributed by atoms with Crippen LogP contribution in [0.3, 0.4) is 0 Å². The maximum absolute atomic E-state index is 11.7. The van der Waals surface area contributed by atoms with Crippen molar-refractivity contribution in [1.29, 1.82) is 0 Å². The van der Waals surface area contributed by atoms with Crippen molar-refractivity contribution in [2.75, 3.05) is 13.1 Å². The van der Waals surface area contributed by atoms with Gasteiger partial charge in [-0.3, -0.25) is 10.2 Å². The van der Waals surface area contributed by atoms with Crippen molar-refractivity contribution in [3.05, 3.63) is 23.7 Å². The van der Waals surface area contributed by atoms with E-state index in [0.717, 1.165) is 25.9 Å². The van der Waals surface area contributed by atoms with Crippen LogP contribution in [0, 0.1) is 0 Å². The zero-order valence-corrected chi connectivity index (χ0v) is 10.0. The minimum absolute atomic E-state index is 0.0452. The molecule has 0 spiro atoms. The first-order chi connectivity index (χ1) is 8.66. The smallest absolute Gasteiger partial charge is 0.339 e. The molecule has 0 aliphatic carbocycles. The summed E-state index contributed by atoms with van der Waals surface area (Å²) in [6.07, 6.45) is 4.56. The van der Waals surface area contributed by atoms with E-state index >= 15 is 0 Å². The molecule has 1 aromatic heterocycles. The Morgan fingerprint density at radius 3 is 2.72 bits per heavy atom. The minimum atomic E-state index is -1.08. The van der Waals surface area contributed by atoms with E-state index in [1.807, 2.05) is 5.01 Å². The maximum Gasteiger partial charge on any atom is 0.339 e. The third-order valence-electron chi connectivity index (χ3n) is 2.94. The van der Waals surface area contributed by atoms with Crippen LogP contribution >= 0.6 is 0 Å². The number of nitrogens with one attached hydrogen (secondary N) is 1. The molecule has 0 radical (unpaired) electrons. The van der Waals surface area contributed by atoms with E-state index in [1.165, 1.54) is 18.8 Å². The van der Waals surface area contributed by atoms with Gasteiger partial charge in [-0.05, 0) is 18.9 Å². The maximum atomic E-state index is 11.7. The Labute approximate surface area is 105 Å². The lowest BCUT2D eigenvalue weighted by atomic mass is 10.1. The number of carbonyl (C=O) groups excluding carboxylic acids is 1. The number of aromatic carboxylic acids is 1. The number of furan rings is 1. The van der Waals surface area contributed by atoms with E-state index in [0.29, 0.717) is 0 Å². The van der Waals surface area contributed by atoms with Crippen molar-refractivity contribution in [3.8, 4) is 0 Å². The fraction of sp³-hybridized carbons (Fsp3) is 0.500. The van der Waals surface area contributed by atoms with Gasteiger partial charge >= 0.3 is 5.97 Å². The number of carbonyl (C=O) groups is 2. The lowest BCUT2D eigenvalue weighted by Gasteiger charge is -2.26. The van der Waals surface area contributed by atoms with Crippen LogP contribution in [-0.2, 0) is 11.2 Å². The molecular weight excluding hydrogens is 236 g/mol. The number of amides is 1. The summed E-state index contributed by atoms with van der Waals surface area (Å²) in [7, 11) is 0. The zero-order valence-electron chi connectivity index (χ0n) is 10.0. The number of hydrogen-bond acceptors (Lipinski definition) is 4. The van der Waals surface area contributed by atoms with Gasteiger partial charge in [-0.2, -0.15) is 0 Å². The first kappa shape index (κ1) is 12.6. The van der Waals surface area contributed by atoms with Crippen molar-refractivity contribution in [2.45, 2.75) is 25.7 Å². The molecule has 1 aliphatic heterocycles. The standard InChI is InChI=1S/C12H16N2O4/c15-11(13-14-5-2-1-3-6-14)8-10-9(12(16)17)4-7-18-10/h4,7H,1-3,5-6,8H2,(H,13,15)(H,16,17). The van der Waals surface area contributed by atoms with E-state index in [2.05, 4.69) is 5.43 Å². The molecule has 0 bridgehead atoms. The van der Waals surface area contributed by atoms with Gasteiger partial charge in [0.25, 0.3) is 0 Å². The number of piperidine rings is 1. The molecule has 2 N–H and O–H groups in total. The molecule has 0 saturated carbocycles. The van der Waals surface area contributed by atoms with Gasteiger partial charge in [0, 0.05) is 13.1 Å². The highest BCUT2D eigenvalue weighted by molar-refractivity contribution is 5.90. The van der Waals surface area contributed by atoms with Crippen molar-refractivity contribution in [1.82, 2.24) is 10.4 Å². The third kappa shape index (κ3) is 3.10. The highest BCUT2D eigenvalue weighted by Crippen LogP contribution is 2.12. The van der Waals surface area contributed by atoms with Crippen LogP contribution in [0.4, 0.5) is 0 Å². The van der Waals surface area contributed by atoms with Crippen LogP contribution in [0.2, 0.25) is 0 Å². The van der Waals surface area contributed by atoms with Gasteiger partial charge < -0.3 is 9.52 Å². The number of hydrazine groups is 1. The number of hydrogen-bond donors (Lipinski definition) is 2. The van der Waals surface area contributed by atoms with E-state index in [-0.39, 0.29) is 23.7 Å². The molecule has 1 amide bonds. The second-order valence-corrected chi connectivity index (χ2v) is 4.32. The van der Waals surface area contributed by atoms with Crippen LogP contribution in [0.5, 0.6) is 0 Å². The molecule has 98 valence electrons. The van der Waals surface area contributed by atoms with Gasteiger partial charge in [-0.15, -0.1) is 0 Å². The first-order valence-corrected chi connectivity index (χ1v) is 6.01. The highest BCUT2D eigenvalue weighted by Gasteiger charge is 2.18. The van der Waals surface area contributed by atoms with Crippen molar-refractivity contribution < 1.29 is 19.1 Å². The topological polar surface area (TPSA) is 82.8 Å². The predicted molar refractivity (Wildman–Crippen MR) is 62.9 cm³/mol. The molecule has 1 aliphatic rings. The molecule has 1 saturated heterocycles. The average molecular weight is 252 g/mol. The van der Waals surface area contributed by atoms with Gasteiger partial charge in [-0.1, -0.05) is 6.42 Å². The number of carboxylic acid groups (broad SMARTS) is 1. The van der Waals surface area contributed by atoms with Crippen LogP contribution in [0.1, 0.15) is 35.4 Å². The Morgan fingerprint density at radius 2 is 2.06 bits per heavy atom. The SMILES string of the molecule is O=C(Cc1occc1C(=O)O)NN1CCCCC1. The molecule has 6 nitrogen and oxygen atoms in total. The van der Waals surface area contributed by atoms with Gasteiger partial charge in [0.2, 0.25) is 5.91 Å². The first-order valence-electron chi connectivity index (χ1n) is 6.01. The Morgan fingerprint density at radius 1 is 1.33 bits per heavy atom. The fourth-order valence-corrected chi connectivity index (χ4v) is 2.04. The third-order valence-corrected chi connectivity index (χ3v) is 2.94. The largest absolute Gasteiger partial charge is 0.478 e. The molecule has 18 heavy (non-hydrogen) atoms. The monoisotopic (exact) mass is 252 g/mol. The minimum Gasteiger partial charge on any atom is -0.478 e. The average Bonchev–Trinajstić information content (AvgIpc) is 2.78. The molecule has 6 heteroatoms. The molecule has 0 atom stereocenters. The predicted octanol–water partition coefficient (Wildman–Crippen LogP) is 1.04. The molecule has 1 aromatic rings. The lowest BCUT2D eigenvalue weighted by molar-refractivity contribution is -0.125. The molecule has 1 fully saturated rings. The van der Waals surface area contributed by atoms with Crippen LogP contribution in [0.15, 0.2) is 16.7 Å². The fourth-order valence-electron chi connectivity index (χ4n) is 2.04. The summed E-state index contributed by atoms with van der Waals surface area (Å²) in [6.45, 7) is 1.69. The van der Waals surface area contributed by atoms with E-state index in [4.69, 9.17) is 9.52 Å². The Hall–Kier alpha value is -1.82. The van der Waals surface area contributed by atoms with E-state index in [1.54, 1.807) is 0 Å². The number of rotatable bonds is 4.